The molecule has 0 unspecified atom stereocenters. The number of rotatable bonds is 7. The molecule has 1 aliphatic heterocycles. The van der Waals surface area contributed by atoms with Crippen molar-refractivity contribution >= 4 is 11.7 Å². The Morgan fingerprint density at radius 2 is 2.23 bits per heavy atom. The Morgan fingerprint density at radius 3 is 2.92 bits per heavy atom. The van der Waals surface area contributed by atoms with E-state index in [2.05, 4.69) is 11.2 Å². The molecular formula is C19H26N4O3. The summed E-state index contributed by atoms with van der Waals surface area (Å²) in [5.74, 6) is 0.452. The van der Waals surface area contributed by atoms with Crippen molar-refractivity contribution in [2.45, 2.75) is 38.6 Å². The number of likely N-dealkylation sites (tertiary alicyclic amines) is 1. The van der Waals surface area contributed by atoms with E-state index in [0.717, 1.165) is 12.0 Å². The predicted molar refractivity (Wildman–Crippen MR) is 98.4 cm³/mol. The molecule has 2 N–H and O–H groups in total. The lowest BCUT2D eigenvalue weighted by Crippen LogP contribution is -2.40. The molecule has 1 saturated heterocycles. The molecule has 0 spiro atoms. The highest BCUT2D eigenvalue weighted by atomic mass is 16.5. The van der Waals surface area contributed by atoms with Crippen molar-refractivity contribution in [3.8, 4) is 0 Å². The summed E-state index contributed by atoms with van der Waals surface area (Å²) in [7, 11) is 1.68. The Balaban J connectivity index is 1.56. The standard InChI is InChI=1S/C19H26N4O3/c1-14-4-3-5-15(8-14)12-26-13-19(24)23-11-17(25-2)9-16(23)10-22-7-6-18(20)21-22/h3-8,16-17H,9-13H2,1-2H3,(H2,20,21)/t16-,17-/m0/s1. The second-order valence-electron chi connectivity index (χ2n) is 6.74. The van der Waals surface area contributed by atoms with Crippen LogP contribution in [-0.2, 0) is 27.4 Å². The van der Waals surface area contributed by atoms with Gasteiger partial charge in [-0.05, 0) is 25.0 Å². The Bertz CT molecular complexity index is 746. The quantitative estimate of drug-likeness (QED) is 0.813. The lowest BCUT2D eigenvalue weighted by molar-refractivity contribution is -0.138. The molecule has 1 fully saturated rings. The number of hydrogen-bond donors (Lipinski definition) is 1. The summed E-state index contributed by atoms with van der Waals surface area (Å²) < 4.78 is 12.9. The number of methoxy groups -OCH3 is 1. The lowest BCUT2D eigenvalue weighted by atomic mass is 10.1. The molecule has 1 amide bonds. The van der Waals surface area contributed by atoms with Crippen LogP contribution in [0, 0.1) is 6.92 Å². The van der Waals surface area contributed by atoms with E-state index < -0.39 is 0 Å². The van der Waals surface area contributed by atoms with E-state index in [1.165, 1.54) is 5.56 Å². The lowest BCUT2D eigenvalue weighted by Gasteiger charge is -2.24. The second-order valence-corrected chi connectivity index (χ2v) is 6.74. The average molecular weight is 358 g/mol. The van der Waals surface area contributed by atoms with Crippen LogP contribution >= 0.6 is 0 Å². The normalized spacial score (nSPS) is 19.8. The molecule has 0 bridgehead atoms. The SMILES string of the molecule is CO[C@H]1C[C@@H](Cn2ccc(N)n2)N(C(=O)COCc2cccc(C)c2)C1. The topological polar surface area (TPSA) is 82.6 Å². The number of nitrogen functional groups attached to an aromatic ring is 1. The number of aryl methyl sites for hydroxylation is 1. The van der Waals surface area contributed by atoms with Crippen molar-refractivity contribution in [1.82, 2.24) is 14.7 Å². The maximum Gasteiger partial charge on any atom is 0.248 e. The highest BCUT2D eigenvalue weighted by molar-refractivity contribution is 5.78. The van der Waals surface area contributed by atoms with Crippen LogP contribution in [0.3, 0.4) is 0 Å². The van der Waals surface area contributed by atoms with Crippen LogP contribution in [0.4, 0.5) is 5.82 Å². The van der Waals surface area contributed by atoms with Crippen LogP contribution in [0.1, 0.15) is 17.5 Å². The molecule has 1 aliphatic rings. The van der Waals surface area contributed by atoms with Gasteiger partial charge in [0.15, 0.2) is 0 Å². The summed E-state index contributed by atoms with van der Waals surface area (Å²) in [6.45, 7) is 3.69. The van der Waals surface area contributed by atoms with Crippen LogP contribution in [0.15, 0.2) is 36.5 Å². The summed E-state index contributed by atoms with van der Waals surface area (Å²) in [4.78, 5) is 14.5. The number of anilines is 1. The number of nitrogens with two attached hydrogens (primary N) is 1. The summed E-state index contributed by atoms with van der Waals surface area (Å²) in [5, 5.41) is 4.21. The Morgan fingerprint density at radius 1 is 1.38 bits per heavy atom. The minimum atomic E-state index is -0.0256. The van der Waals surface area contributed by atoms with Gasteiger partial charge >= 0.3 is 0 Å². The number of ether oxygens (including phenoxy) is 2. The van der Waals surface area contributed by atoms with Crippen LogP contribution in [0.25, 0.3) is 0 Å². The van der Waals surface area contributed by atoms with Crippen molar-refractivity contribution in [1.29, 1.82) is 0 Å². The first-order valence-electron chi connectivity index (χ1n) is 8.79. The molecule has 0 aliphatic carbocycles. The number of amides is 1. The maximum atomic E-state index is 12.7. The zero-order valence-electron chi connectivity index (χ0n) is 15.3. The molecule has 2 aromatic rings. The zero-order chi connectivity index (χ0) is 18.5. The minimum absolute atomic E-state index is 0.0225. The van der Waals surface area contributed by atoms with E-state index in [0.29, 0.717) is 25.5 Å². The molecule has 2 heterocycles. The maximum absolute atomic E-state index is 12.7. The number of carbonyl (C=O) groups is 1. The molecular weight excluding hydrogens is 332 g/mol. The average Bonchev–Trinajstić information content (AvgIpc) is 3.21. The Labute approximate surface area is 153 Å². The summed E-state index contributed by atoms with van der Waals surface area (Å²) in [6, 6.07) is 9.86. The number of aromatic nitrogens is 2. The van der Waals surface area contributed by atoms with E-state index in [1.54, 1.807) is 17.9 Å². The van der Waals surface area contributed by atoms with E-state index in [-0.39, 0.29) is 24.7 Å². The van der Waals surface area contributed by atoms with Gasteiger partial charge in [-0.1, -0.05) is 29.8 Å². The van der Waals surface area contributed by atoms with Crippen molar-refractivity contribution in [3.63, 3.8) is 0 Å². The van der Waals surface area contributed by atoms with Gasteiger partial charge in [-0.25, -0.2) is 0 Å². The molecule has 1 aromatic carbocycles. The van der Waals surface area contributed by atoms with Gasteiger partial charge in [0, 0.05) is 19.9 Å². The zero-order valence-corrected chi connectivity index (χ0v) is 15.3. The van der Waals surface area contributed by atoms with E-state index in [9.17, 15) is 4.79 Å². The number of nitrogens with zero attached hydrogens (tertiary/aromatic N) is 3. The summed E-state index contributed by atoms with van der Waals surface area (Å²) >= 11 is 0. The van der Waals surface area contributed by atoms with Gasteiger partial charge in [0.2, 0.25) is 5.91 Å². The van der Waals surface area contributed by atoms with E-state index >= 15 is 0 Å². The van der Waals surface area contributed by atoms with Gasteiger partial charge in [-0.2, -0.15) is 5.10 Å². The van der Waals surface area contributed by atoms with Gasteiger partial charge < -0.3 is 20.1 Å². The number of benzene rings is 1. The monoisotopic (exact) mass is 358 g/mol. The van der Waals surface area contributed by atoms with Gasteiger partial charge in [0.05, 0.1) is 25.3 Å². The summed E-state index contributed by atoms with van der Waals surface area (Å²) in [5.41, 5.74) is 7.92. The molecule has 0 saturated carbocycles. The third kappa shape index (κ3) is 4.62. The van der Waals surface area contributed by atoms with Crippen LogP contribution < -0.4 is 5.73 Å². The summed E-state index contributed by atoms with van der Waals surface area (Å²) in [6.07, 6.45) is 2.64. The van der Waals surface area contributed by atoms with Crippen molar-refractivity contribution in [2.24, 2.45) is 0 Å². The molecule has 140 valence electrons. The fourth-order valence-corrected chi connectivity index (χ4v) is 3.36. The van der Waals surface area contributed by atoms with Gasteiger partial charge in [-0.3, -0.25) is 9.48 Å². The molecule has 0 radical (unpaired) electrons. The number of hydrogen-bond acceptors (Lipinski definition) is 5. The van der Waals surface area contributed by atoms with Crippen molar-refractivity contribution in [3.05, 3.63) is 47.7 Å². The Kier molecular flexibility index (Phi) is 5.90. The Hall–Kier alpha value is -2.38. The molecule has 2 atom stereocenters. The van der Waals surface area contributed by atoms with Gasteiger partial charge in [0.1, 0.15) is 12.4 Å². The van der Waals surface area contributed by atoms with E-state index in [1.807, 2.05) is 36.2 Å². The first-order valence-corrected chi connectivity index (χ1v) is 8.79. The van der Waals surface area contributed by atoms with Crippen LogP contribution in [0.2, 0.25) is 0 Å². The van der Waals surface area contributed by atoms with Gasteiger partial charge in [-0.15, -0.1) is 0 Å². The second kappa shape index (κ2) is 8.33. The predicted octanol–water partition coefficient (Wildman–Crippen LogP) is 1.61. The first kappa shape index (κ1) is 18.4. The smallest absolute Gasteiger partial charge is 0.248 e. The highest BCUT2D eigenvalue weighted by Gasteiger charge is 2.35. The highest BCUT2D eigenvalue weighted by Crippen LogP contribution is 2.22. The third-order valence-corrected chi connectivity index (χ3v) is 4.67. The first-order chi connectivity index (χ1) is 12.5. The van der Waals surface area contributed by atoms with E-state index in [4.69, 9.17) is 15.2 Å². The molecule has 3 rings (SSSR count). The van der Waals surface area contributed by atoms with Gasteiger partial charge in [0.25, 0.3) is 0 Å². The number of carbonyl (C=O) groups excluding carboxylic acids is 1. The van der Waals surface area contributed by atoms with Crippen LogP contribution in [-0.4, -0.2) is 53.0 Å². The molecule has 7 heteroatoms. The van der Waals surface area contributed by atoms with Crippen LogP contribution in [0.5, 0.6) is 0 Å². The third-order valence-electron chi connectivity index (χ3n) is 4.67. The van der Waals surface area contributed by atoms with Crippen molar-refractivity contribution in [2.75, 3.05) is 26.0 Å². The van der Waals surface area contributed by atoms with Crippen molar-refractivity contribution < 1.29 is 14.3 Å². The fraction of sp³-hybridized carbons (Fsp3) is 0.474. The fourth-order valence-electron chi connectivity index (χ4n) is 3.36. The molecule has 7 nitrogen and oxygen atoms in total. The molecule has 1 aromatic heterocycles. The minimum Gasteiger partial charge on any atom is -0.382 e. The molecule has 26 heavy (non-hydrogen) atoms. The largest absolute Gasteiger partial charge is 0.382 e.